The summed E-state index contributed by atoms with van der Waals surface area (Å²) in [5.41, 5.74) is 1.15. The first kappa shape index (κ1) is 21.6. The Kier molecular flexibility index (Phi) is 6.70. The lowest BCUT2D eigenvalue weighted by atomic mass is 9.83. The number of rotatable bonds is 8. The normalized spacial score (nSPS) is 15.8. The van der Waals surface area contributed by atoms with Crippen molar-refractivity contribution in [3.05, 3.63) is 57.0 Å². The maximum Gasteiger partial charge on any atom is 0.261 e. The summed E-state index contributed by atoms with van der Waals surface area (Å²) in [6.07, 6.45) is 10.2. The number of carbonyl (C=O) groups excluding carboxylic acids is 2. The minimum absolute atomic E-state index is 0.00339. The van der Waals surface area contributed by atoms with Gasteiger partial charge in [-0.25, -0.2) is 9.97 Å². The first-order valence-electron chi connectivity index (χ1n) is 10.9. The van der Waals surface area contributed by atoms with Crippen molar-refractivity contribution in [2.75, 3.05) is 0 Å². The molecule has 0 aliphatic heterocycles. The molecule has 2 aromatic heterocycles. The number of benzene rings is 1. The molecule has 0 amide bonds. The molecule has 1 unspecified atom stereocenters. The highest BCUT2D eigenvalue weighted by molar-refractivity contribution is 7.09. The van der Waals surface area contributed by atoms with E-state index in [0.29, 0.717) is 23.2 Å². The van der Waals surface area contributed by atoms with Crippen LogP contribution in [-0.4, -0.2) is 26.1 Å². The van der Waals surface area contributed by atoms with E-state index in [2.05, 4.69) is 9.97 Å². The van der Waals surface area contributed by atoms with Gasteiger partial charge in [0.25, 0.3) is 5.56 Å². The van der Waals surface area contributed by atoms with Crippen molar-refractivity contribution < 1.29 is 9.59 Å². The van der Waals surface area contributed by atoms with E-state index < -0.39 is 6.04 Å². The van der Waals surface area contributed by atoms with Crippen LogP contribution in [0.1, 0.15) is 62.1 Å². The topological polar surface area (TPSA) is 81.9 Å². The monoisotopic (exact) mass is 437 g/mol. The second kappa shape index (κ2) is 9.64. The summed E-state index contributed by atoms with van der Waals surface area (Å²) in [6.45, 7) is 1.53. The van der Waals surface area contributed by atoms with Gasteiger partial charge < -0.3 is 0 Å². The van der Waals surface area contributed by atoms with Gasteiger partial charge in [-0.05, 0) is 37.0 Å². The summed E-state index contributed by atoms with van der Waals surface area (Å²) in [6, 6.07) is 4.79. The lowest BCUT2D eigenvalue weighted by Crippen LogP contribution is -2.33. The minimum Gasteiger partial charge on any atom is -0.300 e. The molecule has 1 aliphatic carbocycles. The SMILES string of the molecule is CC(=O)Cc1ccc2ncn(C(CC3CCCCC3)C(=O)Cc3nccs3)c(=O)c2c1. The highest BCUT2D eigenvalue weighted by Crippen LogP contribution is 2.31. The van der Waals surface area contributed by atoms with Gasteiger partial charge in [-0.1, -0.05) is 38.2 Å². The van der Waals surface area contributed by atoms with E-state index in [9.17, 15) is 14.4 Å². The van der Waals surface area contributed by atoms with E-state index in [4.69, 9.17) is 0 Å². The molecule has 0 saturated heterocycles. The lowest BCUT2D eigenvalue weighted by Gasteiger charge is -2.27. The van der Waals surface area contributed by atoms with Crippen LogP contribution in [0.15, 0.2) is 40.9 Å². The highest BCUT2D eigenvalue weighted by Gasteiger charge is 2.27. The molecule has 0 radical (unpaired) electrons. The fraction of sp³-hybridized carbons (Fsp3) is 0.458. The van der Waals surface area contributed by atoms with Gasteiger partial charge in [0, 0.05) is 18.0 Å². The van der Waals surface area contributed by atoms with Gasteiger partial charge in [-0.15, -0.1) is 11.3 Å². The molecule has 0 N–H and O–H groups in total. The zero-order valence-electron chi connectivity index (χ0n) is 17.8. The summed E-state index contributed by atoms with van der Waals surface area (Å²) in [7, 11) is 0. The molecule has 1 fully saturated rings. The average Bonchev–Trinajstić information content (AvgIpc) is 3.26. The minimum atomic E-state index is -0.548. The molecule has 2 heterocycles. The van der Waals surface area contributed by atoms with Gasteiger partial charge in [-0.2, -0.15) is 0 Å². The van der Waals surface area contributed by atoms with Crippen molar-refractivity contribution in [2.45, 2.75) is 64.3 Å². The zero-order valence-corrected chi connectivity index (χ0v) is 18.6. The van der Waals surface area contributed by atoms with Gasteiger partial charge in [0.15, 0.2) is 5.78 Å². The first-order valence-corrected chi connectivity index (χ1v) is 11.8. The summed E-state index contributed by atoms with van der Waals surface area (Å²) in [5.74, 6) is 0.478. The zero-order chi connectivity index (χ0) is 21.8. The van der Waals surface area contributed by atoms with Crippen LogP contribution in [-0.2, 0) is 22.4 Å². The summed E-state index contributed by atoms with van der Waals surface area (Å²) in [4.78, 5) is 47.0. The molecule has 1 saturated carbocycles. The predicted octanol–water partition coefficient (Wildman–Crippen LogP) is 4.31. The molecule has 7 heteroatoms. The molecule has 0 spiro atoms. The van der Waals surface area contributed by atoms with E-state index >= 15 is 0 Å². The van der Waals surface area contributed by atoms with Crippen molar-refractivity contribution in [1.82, 2.24) is 14.5 Å². The van der Waals surface area contributed by atoms with E-state index in [1.165, 1.54) is 48.4 Å². The number of carbonyl (C=O) groups is 2. The second-order valence-electron chi connectivity index (χ2n) is 8.51. The standard InChI is InChI=1S/C24H27N3O3S/c1-16(28)11-18-7-8-20-19(12-18)24(30)27(15-26-20)21(13-17-5-3-2-4-6-17)22(29)14-23-25-9-10-31-23/h7-10,12,15,17,21H,2-6,11,13-14H2,1H3. The lowest BCUT2D eigenvalue weighted by molar-refractivity contribution is -0.122. The maximum absolute atomic E-state index is 13.4. The molecular formula is C24H27N3O3S. The van der Waals surface area contributed by atoms with E-state index in [1.807, 2.05) is 11.4 Å². The van der Waals surface area contributed by atoms with Gasteiger partial charge in [-0.3, -0.25) is 19.0 Å². The van der Waals surface area contributed by atoms with Crippen LogP contribution in [0.2, 0.25) is 0 Å². The van der Waals surface area contributed by atoms with Gasteiger partial charge in [0.2, 0.25) is 0 Å². The molecule has 1 atom stereocenters. The van der Waals surface area contributed by atoms with E-state index in [1.54, 1.807) is 18.3 Å². The van der Waals surface area contributed by atoms with Crippen molar-refractivity contribution >= 4 is 33.8 Å². The molecule has 1 aliphatic rings. The number of thiazole rings is 1. The van der Waals surface area contributed by atoms with Crippen LogP contribution in [0.3, 0.4) is 0 Å². The third-order valence-electron chi connectivity index (χ3n) is 6.10. The third kappa shape index (κ3) is 5.15. The Bertz CT molecular complexity index is 1130. The quantitative estimate of drug-likeness (QED) is 0.524. The Balaban J connectivity index is 1.71. The van der Waals surface area contributed by atoms with Crippen molar-refractivity contribution in [3.8, 4) is 0 Å². The van der Waals surface area contributed by atoms with Gasteiger partial charge >= 0.3 is 0 Å². The second-order valence-corrected chi connectivity index (χ2v) is 9.49. The molecule has 6 nitrogen and oxygen atoms in total. The Morgan fingerprint density at radius 2 is 1.97 bits per heavy atom. The number of fused-ring (bicyclic) bond motifs is 1. The third-order valence-corrected chi connectivity index (χ3v) is 6.88. The molecule has 1 aromatic carbocycles. The number of hydrogen-bond acceptors (Lipinski definition) is 6. The Morgan fingerprint density at radius 3 is 2.68 bits per heavy atom. The van der Waals surface area contributed by atoms with Crippen LogP contribution in [0.25, 0.3) is 10.9 Å². The maximum atomic E-state index is 13.4. The number of nitrogens with zero attached hydrogens (tertiary/aromatic N) is 3. The summed E-state index contributed by atoms with van der Waals surface area (Å²) in [5, 5.41) is 3.08. The number of aromatic nitrogens is 3. The fourth-order valence-electron chi connectivity index (χ4n) is 4.55. The summed E-state index contributed by atoms with van der Waals surface area (Å²) >= 11 is 1.46. The molecule has 4 rings (SSSR count). The highest BCUT2D eigenvalue weighted by atomic mass is 32.1. The number of hydrogen-bond donors (Lipinski definition) is 0. The van der Waals surface area contributed by atoms with Crippen molar-refractivity contribution in [1.29, 1.82) is 0 Å². The fourth-order valence-corrected chi connectivity index (χ4v) is 5.17. The average molecular weight is 438 g/mol. The molecule has 3 aromatic rings. The van der Waals surface area contributed by atoms with Crippen LogP contribution < -0.4 is 5.56 Å². The van der Waals surface area contributed by atoms with Gasteiger partial charge in [0.05, 0.1) is 34.7 Å². The van der Waals surface area contributed by atoms with Crippen LogP contribution in [0, 0.1) is 5.92 Å². The van der Waals surface area contributed by atoms with Crippen LogP contribution in [0.5, 0.6) is 0 Å². The number of Topliss-reactive ketones (excluding diaryl/α,β-unsaturated/α-hetero) is 2. The first-order chi connectivity index (χ1) is 15.0. The predicted molar refractivity (Wildman–Crippen MR) is 121 cm³/mol. The molecule has 31 heavy (non-hydrogen) atoms. The molecule has 0 bridgehead atoms. The summed E-state index contributed by atoms with van der Waals surface area (Å²) < 4.78 is 1.52. The largest absolute Gasteiger partial charge is 0.300 e. The smallest absolute Gasteiger partial charge is 0.261 e. The van der Waals surface area contributed by atoms with E-state index in [-0.39, 0.29) is 30.0 Å². The van der Waals surface area contributed by atoms with Crippen LogP contribution >= 0.6 is 11.3 Å². The van der Waals surface area contributed by atoms with Crippen molar-refractivity contribution in [2.24, 2.45) is 5.92 Å². The number of ketones is 2. The Hall–Kier alpha value is -2.67. The van der Waals surface area contributed by atoms with E-state index in [0.717, 1.165) is 23.4 Å². The van der Waals surface area contributed by atoms with Crippen molar-refractivity contribution in [3.63, 3.8) is 0 Å². The van der Waals surface area contributed by atoms with Gasteiger partial charge in [0.1, 0.15) is 5.78 Å². The van der Waals surface area contributed by atoms with Crippen LogP contribution in [0.4, 0.5) is 0 Å². The molecular weight excluding hydrogens is 410 g/mol. The Morgan fingerprint density at radius 1 is 1.16 bits per heavy atom. The molecule has 162 valence electrons. The Labute approximate surface area is 185 Å².